The van der Waals surface area contributed by atoms with E-state index in [1.807, 2.05) is 49.5 Å². The Bertz CT molecular complexity index is 878. The Morgan fingerprint density at radius 2 is 1.58 bits per heavy atom. The van der Waals surface area contributed by atoms with Crippen molar-refractivity contribution in [1.29, 1.82) is 10.5 Å². The molecular weight excluding hydrogens is 458 g/mol. The predicted octanol–water partition coefficient (Wildman–Crippen LogP) is 4.92. The number of hydrogen-bond acceptors (Lipinski definition) is 4. The molecule has 0 saturated carbocycles. The summed E-state index contributed by atoms with van der Waals surface area (Å²) in [6.45, 7) is 0. The van der Waals surface area contributed by atoms with E-state index in [2.05, 4.69) is 37.9 Å². The lowest BCUT2D eigenvalue weighted by molar-refractivity contribution is -0.107. The number of carbonyl (C=O) groups excluding carboxylic acids is 1. The van der Waals surface area contributed by atoms with Crippen molar-refractivity contribution in [1.82, 2.24) is 4.90 Å². The smallest absolute Gasteiger partial charge is 0.124 e. The molecule has 0 radical (unpaired) electrons. The maximum absolute atomic E-state index is 10.2. The van der Waals surface area contributed by atoms with Crippen LogP contribution in [-0.2, 0) is 11.2 Å². The van der Waals surface area contributed by atoms with Gasteiger partial charge in [0.2, 0.25) is 0 Å². The van der Waals surface area contributed by atoms with Gasteiger partial charge in [0.05, 0.1) is 23.3 Å². The van der Waals surface area contributed by atoms with Crippen molar-refractivity contribution < 1.29 is 4.79 Å². The van der Waals surface area contributed by atoms with Crippen molar-refractivity contribution in [2.75, 3.05) is 14.1 Å². The maximum Gasteiger partial charge on any atom is 0.124 e. The van der Waals surface area contributed by atoms with E-state index in [0.29, 0.717) is 17.5 Å². The van der Waals surface area contributed by atoms with E-state index in [0.717, 1.165) is 26.4 Å². The molecule has 2 aromatic rings. The van der Waals surface area contributed by atoms with Crippen molar-refractivity contribution in [3.63, 3.8) is 0 Å². The third-order valence-corrected chi connectivity index (χ3v) is 4.16. The van der Waals surface area contributed by atoms with Gasteiger partial charge in [-0.05, 0) is 59.8 Å². The molecular formula is C20H17Br2N3O. The number of nitriles is 2. The number of halogens is 2. The average molecular weight is 475 g/mol. The average Bonchev–Trinajstić information content (AvgIpc) is 2.61. The Morgan fingerprint density at radius 1 is 1.00 bits per heavy atom. The first-order valence-electron chi connectivity index (χ1n) is 7.57. The molecule has 0 heterocycles. The molecule has 0 amide bonds. The Labute approximate surface area is 170 Å². The molecule has 0 unspecified atom stereocenters. The van der Waals surface area contributed by atoms with Gasteiger partial charge in [-0.1, -0.05) is 31.9 Å². The van der Waals surface area contributed by atoms with Gasteiger partial charge in [-0.2, -0.15) is 10.5 Å². The van der Waals surface area contributed by atoms with Gasteiger partial charge in [0.1, 0.15) is 6.29 Å². The second-order valence-corrected chi connectivity index (χ2v) is 7.24. The van der Waals surface area contributed by atoms with Crippen molar-refractivity contribution >= 4 is 44.2 Å². The van der Waals surface area contributed by atoms with E-state index in [-0.39, 0.29) is 0 Å². The minimum absolute atomic E-state index is 0.294. The first-order chi connectivity index (χ1) is 12.4. The second kappa shape index (κ2) is 11.3. The zero-order valence-electron chi connectivity index (χ0n) is 14.4. The van der Waals surface area contributed by atoms with Gasteiger partial charge < -0.3 is 9.69 Å². The molecule has 0 saturated heterocycles. The minimum Gasteiger partial charge on any atom is -0.383 e. The number of carbonyl (C=O) groups is 1. The molecule has 4 nitrogen and oxygen atoms in total. The molecule has 0 spiro atoms. The van der Waals surface area contributed by atoms with Gasteiger partial charge in [0, 0.05) is 29.5 Å². The van der Waals surface area contributed by atoms with E-state index in [9.17, 15) is 4.79 Å². The van der Waals surface area contributed by atoms with Gasteiger partial charge in [0.15, 0.2) is 0 Å². The lowest BCUT2D eigenvalue weighted by atomic mass is 10.1. The van der Waals surface area contributed by atoms with Crippen LogP contribution in [0.5, 0.6) is 0 Å². The van der Waals surface area contributed by atoms with Crippen LogP contribution in [0.1, 0.15) is 22.3 Å². The van der Waals surface area contributed by atoms with E-state index >= 15 is 0 Å². The van der Waals surface area contributed by atoms with Gasteiger partial charge in [0.25, 0.3) is 0 Å². The number of rotatable bonds is 4. The lowest BCUT2D eigenvalue weighted by Crippen LogP contribution is -1.99. The Balaban J connectivity index is 0.000000263. The molecule has 0 N–H and O–H groups in total. The Morgan fingerprint density at radius 3 is 2.12 bits per heavy atom. The molecule has 0 aliphatic rings. The number of hydrogen-bond donors (Lipinski definition) is 0. The summed E-state index contributed by atoms with van der Waals surface area (Å²) in [6.07, 6.45) is 4.93. The quantitative estimate of drug-likeness (QED) is 0.590. The van der Waals surface area contributed by atoms with E-state index in [1.165, 1.54) is 0 Å². The first kappa shape index (κ1) is 21.6. The van der Waals surface area contributed by atoms with Crippen LogP contribution in [0.3, 0.4) is 0 Å². The summed E-state index contributed by atoms with van der Waals surface area (Å²) in [4.78, 5) is 12.2. The molecule has 26 heavy (non-hydrogen) atoms. The third kappa shape index (κ3) is 7.23. The van der Waals surface area contributed by atoms with Crippen LogP contribution in [0, 0.1) is 22.7 Å². The molecule has 0 aliphatic heterocycles. The molecule has 0 fully saturated rings. The highest BCUT2D eigenvalue weighted by molar-refractivity contribution is 9.10. The summed E-state index contributed by atoms with van der Waals surface area (Å²) < 4.78 is 1.87. The highest BCUT2D eigenvalue weighted by atomic mass is 79.9. The van der Waals surface area contributed by atoms with Crippen LogP contribution in [0.2, 0.25) is 0 Å². The van der Waals surface area contributed by atoms with Crippen LogP contribution < -0.4 is 0 Å². The number of aldehydes is 1. The Kier molecular flexibility index (Phi) is 9.36. The second-order valence-electron chi connectivity index (χ2n) is 5.41. The van der Waals surface area contributed by atoms with Gasteiger partial charge in [-0.15, -0.1) is 0 Å². The normalized spacial score (nSPS) is 9.62. The summed E-state index contributed by atoms with van der Waals surface area (Å²) in [6, 6.07) is 15.1. The Hall–Kier alpha value is -2.41. The molecule has 0 bridgehead atoms. The van der Waals surface area contributed by atoms with Crippen LogP contribution in [0.15, 0.2) is 51.5 Å². The minimum atomic E-state index is 0.294. The summed E-state index contributed by atoms with van der Waals surface area (Å²) in [7, 11) is 3.89. The van der Waals surface area contributed by atoms with Crippen LogP contribution in [0.4, 0.5) is 0 Å². The molecule has 0 aliphatic carbocycles. The molecule has 132 valence electrons. The van der Waals surface area contributed by atoms with E-state index in [1.54, 1.807) is 24.3 Å². The summed E-state index contributed by atoms with van der Waals surface area (Å²) >= 11 is 6.65. The van der Waals surface area contributed by atoms with Crippen molar-refractivity contribution in [2.24, 2.45) is 0 Å². The van der Waals surface area contributed by atoms with Crippen LogP contribution in [0.25, 0.3) is 6.08 Å². The van der Waals surface area contributed by atoms with Gasteiger partial charge in [-0.25, -0.2) is 0 Å². The molecule has 2 rings (SSSR count). The van der Waals surface area contributed by atoms with Gasteiger partial charge in [-0.3, -0.25) is 0 Å². The first-order valence-corrected chi connectivity index (χ1v) is 9.16. The van der Waals surface area contributed by atoms with Crippen molar-refractivity contribution in [3.8, 4) is 12.1 Å². The lowest BCUT2D eigenvalue weighted by Gasteiger charge is -2.04. The topological polar surface area (TPSA) is 67.9 Å². The standard InChI is InChI=1S/C11H11BrN2.C9H6BrNO/c1-14(2)6-5-9-7-11(12)4-3-10(9)8-13;10-9-2-1-8(6-11)7(5-9)3-4-12/h3-7H,1-2H3;1-2,4-5H,3H2/b6-5+;. The predicted molar refractivity (Wildman–Crippen MR) is 110 cm³/mol. The van der Waals surface area contributed by atoms with Gasteiger partial charge >= 0.3 is 0 Å². The van der Waals surface area contributed by atoms with Crippen LogP contribution >= 0.6 is 31.9 Å². The summed E-state index contributed by atoms with van der Waals surface area (Å²) in [5, 5.41) is 17.5. The molecule has 0 atom stereocenters. The fourth-order valence-electron chi connectivity index (χ4n) is 1.93. The SMILES string of the molecule is CN(C)/C=C/c1cc(Br)ccc1C#N.N#Cc1ccc(Br)cc1CC=O. The van der Waals surface area contributed by atoms with E-state index < -0.39 is 0 Å². The van der Waals surface area contributed by atoms with Crippen LogP contribution in [-0.4, -0.2) is 25.3 Å². The highest BCUT2D eigenvalue weighted by Gasteiger charge is 2.01. The molecule has 6 heteroatoms. The fraction of sp³-hybridized carbons (Fsp3) is 0.150. The third-order valence-electron chi connectivity index (χ3n) is 3.18. The number of nitrogens with zero attached hydrogens (tertiary/aromatic N) is 3. The highest BCUT2D eigenvalue weighted by Crippen LogP contribution is 2.17. The molecule has 2 aromatic carbocycles. The summed E-state index contributed by atoms with van der Waals surface area (Å²) in [5.74, 6) is 0. The maximum atomic E-state index is 10.2. The largest absolute Gasteiger partial charge is 0.383 e. The zero-order chi connectivity index (χ0) is 19.5. The van der Waals surface area contributed by atoms with Crippen molar-refractivity contribution in [3.05, 3.63) is 73.8 Å². The number of benzene rings is 2. The monoisotopic (exact) mass is 473 g/mol. The summed E-state index contributed by atoms with van der Waals surface area (Å²) in [5.41, 5.74) is 2.94. The van der Waals surface area contributed by atoms with Crippen molar-refractivity contribution in [2.45, 2.75) is 6.42 Å². The molecule has 0 aromatic heterocycles. The van der Waals surface area contributed by atoms with E-state index in [4.69, 9.17) is 10.5 Å². The zero-order valence-corrected chi connectivity index (χ0v) is 17.6. The fourth-order valence-corrected chi connectivity index (χ4v) is 2.72.